The first-order valence-corrected chi connectivity index (χ1v) is 13.0. The molecule has 0 spiro atoms. The van der Waals surface area contributed by atoms with E-state index in [-0.39, 0.29) is 24.7 Å². The minimum absolute atomic E-state index is 0.113. The first-order valence-electron chi connectivity index (χ1n) is 13.0. The average molecular weight is 523 g/mol. The van der Waals surface area contributed by atoms with Crippen LogP contribution in [0.4, 0.5) is 5.69 Å². The van der Waals surface area contributed by atoms with Crippen LogP contribution in [-0.2, 0) is 34.3 Å². The van der Waals surface area contributed by atoms with Crippen molar-refractivity contribution in [1.82, 2.24) is 16.0 Å². The standard InChI is InChI=1S/C28H38N6O4/c1-18(35)31-24(15-19-10-12-22(29)13-11-19)27(37)33-25(21-8-4-3-5-9-21)28(38)32-23(26(30)36)16-20-7-6-14-34(2)17-20/h6-7,10-14,17,21,23-25H,3-5,8-9,15-16,29H2,1-2H3,(H4-,30,31,32,33,35,36,37,38)/t23-,24-,25-/m0/s1. The maximum absolute atomic E-state index is 13.5. The highest BCUT2D eigenvalue weighted by Crippen LogP contribution is 2.27. The number of aromatic nitrogens is 1. The summed E-state index contributed by atoms with van der Waals surface area (Å²) in [5.41, 5.74) is 7.96. The summed E-state index contributed by atoms with van der Waals surface area (Å²) in [7, 11) is 1.85. The maximum atomic E-state index is 13.5. The van der Waals surface area contributed by atoms with Crippen molar-refractivity contribution in [3.8, 4) is 0 Å². The van der Waals surface area contributed by atoms with Crippen LogP contribution in [0, 0.1) is 11.3 Å². The number of hydrogen-bond acceptors (Lipinski definition) is 6. The number of hydrogen-bond donors (Lipinski definition) is 5. The maximum Gasteiger partial charge on any atom is 0.243 e. The number of pyridine rings is 1. The van der Waals surface area contributed by atoms with Gasteiger partial charge in [0.25, 0.3) is 0 Å². The van der Waals surface area contributed by atoms with E-state index in [0.717, 1.165) is 43.2 Å². The van der Waals surface area contributed by atoms with E-state index in [2.05, 4.69) is 16.0 Å². The summed E-state index contributed by atoms with van der Waals surface area (Å²) in [6.45, 7) is 1.34. The number of rotatable bonds is 11. The Kier molecular flexibility index (Phi) is 10.2. The van der Waals surface area contributed by atoms with Crippen LogP contribution < -0.4 is 31.4 Å². The Morgan fingerprint density at radius 3 is 2.24 bits per heavy atom. The molecule has 1 aliphatic rings. The van der Waals surface area contributed by atoms with Crippen LogP contribution in [-0.4, -0.2) is 41.7 Å². The normalized spacial score (nSPS) is 16.1. The molecule has 10 heteroatoms. The smallest absolute Gasteiger partial charge is 0.243 e. The van der Waals surface area contributed by atoms with Gasteiger partial charge < -0.3 is 32.2 Å². The monoisotopic (exact) mass is 522 g/mol. The predicted octanol–water partition coefficient (Wildman–Crippen LogP) is 0.271. The Morgan fingerprint density at radius 2 is 1.63 bits per heavy atom. The molecule has 6 N–H and O–H groups in total. The topological polar surface area (TPSA) is 164 Å². The molecule has 0 bridgehead atoms. The van der Waals surface area contributed by atoms with Gasteiger partial charge in [0.05, 0.1) is 6.04 Å². The van der Waals surface area contributed by atoms with Crippen molar-refractivity contribution in [3.05, 3.63) is 59.9 Å². The van der Waals surface area contributed by atoms with E-state index >= 15 is 0 Å². The fourth-order valence-corrected chi connectivity index (χ4v) is 4.94. The van der Waals surface area contributed by atoms with Crippen LogP contribution in [0.15, 0.2) is 48.8 Å². The number of benzene rings is 1. The van der Waals surface area contributed by atoms with Crippen LogP contribution in [0.2, 0.25) is 0 Å². The molecule has 1 heterocycles. The molecule has 0 aliphatic heterocycles. The number of amides is 3. The number of carbonyl (C=O) groups excluding carboxylic acids is 3. The van der Waals surface area contributed by atoms with E-state index in [0.29, 0.717) is 5.69 Å². The van der Waals surface area contributed by atoms with Crippen molar-refractivity contribution < 1.29 is 24.1 Å². The Balaban J connectivity index is 1.78. The van der Waals surface area contributed by atoms with Gasteiger partial charge in [-0.15, -0.1) is 0 Å². The molecule has 2 aromatic rings. The van der Waals surface area contributed by atoms with Gasteiger partial charge in [-0.05, 0) is 48.4 Å². The summed E-state index contributed by atoms with van der Waals surface area (Å²) in [5.74, 6) is -2.36. The van der Waals surface area contributed by atoms with Crippen LogP contribution in [0.1, 0.15) is 50.2 Å². The van der Waals surface area contributed by atoms with Gasteiger partial charge >= 0.3 is 0 Å². The molecular weight excluding hydrogens is 484 g/mol. The summed E-state index contributed by atoms with van der Waals surface area (Å²) in [5, 5.41) is 28.2. The number of nitrogen functional groups attached to an aromatic ring is 1. The highest BCUT2D eigenvalue weighted by Gasteiger charge is 2.34. The van der Waals surface area contributed by atoms with Crippen molar-refractivity contribution >= 4 is 29.3 Å². The summed E-state index contributed by atoms with van der Waals surface area (Å²) in [6, 6.07) is 7.85. The van der Waals surface area contributed by atoms with Gasteiger partial charge in [0, 0.05) is 37.1 Å². The second-order valence-corrected chi connectivity index (χ2v) is 10.1. The van der Waals surface area contributed by atoms with E-state index in [1.807, 2.05) is 36.1 Å². The summed E-state index contributed by atoms with van der Waals surface area (Å²) in [6.07, 6.45) is 8.52. The molecule has 1 aromatic carbocycles. The number of nitrogens with zero attached hydrogens (tertiary/aromatic N) is 1. The third-order valence-corrected chi connectivity index (χ3v) is 6.89. The zero-order chi connectivity index (χ0) is 27.7. The molecule has 0 unspecified atom stereocenters. The SMILES string of the molecule is CC(=O)N[C@@H](Cc1ccc(N)cc1)C(=O)N[C@H](C(=O)N[C@@H](Cc1ccc[n+](C)c1)C(=N)[O-])C1CCCCC1. The van der Waals surface area contributed by atoms with Gasteiger partial charge in [-0.3, -0.25) is 14.4 Å². The van der Waals surface area contributed by atoms with Crippen LogP contribution in [0.25, 0.3) is 0 Å². The van der Waals surface area contributed by atoms with Crippen molar-refractivity contribution in [2.24, 2.45) is 13.0 Å². The Labute approximate surface area is 223 Å². The van der Waals surface area contributed by atoms with Crippen molar-refractivity contribution in [2.45, 2.75) is 70.0 Å². The fraction of sp³-hybridized carbons (Fsp3) is 0.464. The van der Waals surface area contributed by atoms with Gasteiger partial charge in [-0.1, -0.05) is 31.4 Å². The van der Waals surface area contributed by atoms with Gasteiger partial charge in [-0.2, -0.15) is 0 Å². The zero-order valence-electron chi connectivity index (χ0n) is 22.0. The van der Waals surface area contributed by atoms with E-state index in [1.54, 1.807) is 24.3 Å². The largest absolute Gasteiger partial charge is 0.861 e. The predicted molar refractivity (Wildman–Crippen MR) is 142 cm³/mol. The minimum Gasteiger partial charge on any atom is -0.861 e. The Bertz CT molecular complexity index is 1130. The number of nitrogens with one attached hydrogen (secondary N) is 4. The molecule has 0 saturated heterocycles. The molecule has 1 aliphatic carbocycles. The van der Waals surface area contributed by atoms with Crippen molar-refractivity contribution in [2.75, 3.05) is 5.73 Å². The first kappa shape index (κ1) is 28.6. The van der Waals surface area contributed by atoms with Gasteiger partial charge in [0.15, 0.2) is 12.4 Å². The first-order chi connectivity index (χ1) is 18.1. The lowest BCUT2D eigenvalue weighted by Crippen LogP contribution is -2.59. The zero-order valence-corrected chi connectivity index (χ0v) is 22.0. The van der Waals surface area contributed by atoms with E-state index < -0.39 is 35.8 Å². The average Bonchev–Trinajstić information content (AvgIpc) is 2.87. The minimum atomic E-state index is -1.05. The second kappa shape index (κ2) is 13.6. The molecule has 3 amide bonds. The third kappa shape index (κ3) is 8.57. The molecule has 38 heavy (non-hydrogen) atoms. The lowest BCUT2D eigenvalue weighted by molar-refractivity contribution is -0.671. The number of anilines is 1. The van der Waals surface area contributed by atoms with Gasteiger partial charge in [0.1, 0.15) is 19.1 Å². The lowest BCUT2D eigenvalue weighted by atomic mass is 9.83. The molecule has 1 saturated carbocycles. The number of nitrogens with two attached hydrogens (primary N) is 1. The molecule has 10 nitrogen and oxygen atoms in total. The third-order valence-electron chi connectivity index (χ3n) is 6.89. The molecule has 0 radical (unpaired) electrons. The highest BCUT2D eigenvalue weighted by molar-refractivity contribution is 5.93. The quantitative estimate of drug-likeness (QED) is 0.124. The summed E-state index contributed by atoms with van der Waals surface area (Å²) >= 11 is 0. The Hall–Kier alpha value is -3.95. The Morgan fingerprint density at radius 1 is 0.974 bits per heavy atom. The molecule has 204 valence electrons. The molecule has 1 fully saturated rings. The van der Waals surface area contributed by atoms with Gasteiger partial charge in [0.2, 0.25) is 17.7 Å². The number of aryl methyl sites for hydroxylation is 1. The van der Waals surface area contributed by atoms with E-state index in [9.17, 15) is 19.5 Å². The van der Waals surface area contributed by atoms with Crippen molar-refractivity contribution in [1.29, 1.82) is 5.41 Å². The van der Waals surface area contributed by atoms with Crippen molar-refractivity contribution in [3.63, 3.8) is 0 Å². The molecule has 3 rings (SSSR count). The summed E-state index contributed by atoms with van der Waals surface area (Å²) in [4.78, 5) is 38.8. The van der Waals surface area contributed by atoms with E-state index in [4.69, 9.17) is 11.1 Å². The fourth-order valence-electron chi connectivity index (χ4n) is 4.94. The van der Waals surface area contributed by atoms with Crippen LogP contribution >= 0.6 is 0 Å². The van der Waals surface area contributed by atoms with Crippen LogP contribution in [0.5, 0.6) is 0 Å². The van der Waals surface area contributed by atoms with Gasteiger partial charge in [-0.25, -0.2) is 4.57 Å². The summed E-state index contributed by atoms with van der Waals surface area (Å²) < 4.78 is 1.83. The van der Waals surface area contributed by atoms with E-state index in [1.165, 1.54) is 6.92 Å². The lowest BCUT2D eigenvalue weighted by Gasteiger charge is -2.33. The molecule has 3 atom stereocenters. The van der Waals surface area contributed by atoms with Crippen LogP contribution in [0.3, 0.4) is 0 Å². The number of carbonyl (C=O) groups is 3. The second-order valence-electron chi connectivity index (χ2n) is 10.1. The molecular formula is C28H38N6O4. The molecule has 1 aromatic heterocycles. The highest BCUT2D eigenvalue weighted by atomic mass is 16.3.